The van der Waals surface area contributed by atoms with Crippen molar-refractivity contribution in [2.45, 2.75) is 0 Å². The largest absolute Gasteiger partial charge is 0.375 e. The molecule has 1 heterocycles. The van der Waals surface area contributed by atoms with E-state index < -0.39 is 5.69 Å². The number of aromatic nitrogens is 2. The van der Waals surface area contributed by atoms with Crippen LogP contribution >= 0.6 is 12.2 Å². The van der Waals surface area contributed by atoms with Gasteiger partial charge in [0.1, 0.15) is 0 Å². The van der Waals surface area contributed by atoms with Crippen LogP contribution in [0, 0.1) is 0 Å². The second-order valence-electron chi connectivity index (χ2n) is 3.04. The van der Waals surface area contributed by atoms with Crippen molar-refractivity contribution in [2.24, 2.45) is 5.73 Å². The molecule has 16 heavy (non-hydrogen) atoms. The van der Waals surface area contributed by atoms with E-state index in [4.69, 9.17) is 5.73 Å². The zero-order valence-electron chi connectivity index (χ0n) is 8.18. The molecular formula is C9H9N5OS. The van der Waals surface area contributed by atoms with E-state index in [1.807, 2.05) is 18.2 Å². The van der Waals surface area contributed by atoms with Gasteiger partial charge in [0, 0.05) is 11.6 Å². The van der Waals surface area contributed by atoms with E-state index in [2.05, 4.69) is 28.2 Å². The van der Waals surface area contributed by atoms with Crippen molar-refractivity contribution in [3.8, 4) is 0 Å². The SMILES string of the molecule is NC(=S)NNn1c(=O)ncc2ccccc21. The maximum absolute atomic E-state index is 11.5. The Labute approximate surface area is 96.0 Å². The number of para-hydroxylation sites is 1. The minimum atomic E-state index is -0.442. The summed E-state index contributed by atoms with van der Waals surface area (Å²) in [6.07, 6.45) is 1.51. The van der Waals surface area contributed by atoms with Crippen molar-refractivity contribution in [3.05, 3.63) is 40.9 Å². The molecule has 2 aromatic rings. The van der Waals surface area contributed by atoms with E-state index in [-0.39, 0.29) is 5.11 Å². The fourth-order valence-corrected chi connectivity index (χ4v) is 1.35. The van der Waals surface area contributed by atoms with Gasteiger partial charge in [0.25, 0.3) is 0 Å². The lowest BCUT2D eigenvalue weighted by Gasteiger charge is -2.11. The van der Waals surface area contributed by atoms with Crippen LogP contribution in [0.25, 0.3) is 10.9 Å². The molecule has 0 aliphatic heterocycles. The smallest absolute Gasteiger partial charge is 0.368 e. The van der Waals surface area contributed by atoms with Gasteiger partial charge >= 0.3 is 5.69 Å². The molecule has 0 atom stereocenters. The van der Waals surface area contributed by atoms with Crippen molar-refractivity contribution in [2.75, 3.05) is 5.53 Å². The Balaban J connectivity index is 2.53. The number of benzene rings is 1. The maximum atomic E-state index is 11.5. The molecule has 4 N–H and O–H groups in total. The number of hydrazine groups is 1. The normalized spacial score (nSPS) is 10.0. The third-order valence-corrected chi connectivity index (χ3v) is 2.08. The third-order valence-electron chi connectivity index (χ3n) is 1.97. The van der Waals surface area contributed by atoms with Crippen LogP contribution in [0.2, 0.25) is 0 Å². The van der Waals surface area contributed by atoms with Crippen LogP contribution in [0.15, 0.2) is 35.3 Å². The van der Waals surface area contributed by atoms with Gasteiger partial charge in [0.15, 0.2) is 5.11 Å². The average Bonchev–Trinajstić information content (AvgIpc) is 2.27. The zero-order valence-corrected chi connectivity index (χ0v) is 8.99. The highest BCUT2D eigenvalue weighted by molar-refractivity contribution is 7.80. The molecule has 1 aromatic carbocycles. The van der Waals surface area contributed by atoms with E-state index >= 15 is 0 Å². The summed E-state index contributed by atoms with van der Waals surface area (Å²) in [5.74, 6) is 0. The van der Waals surface area contributed by atoms with Crippen LogP contribution in [0.1, 0.15) is 0 Å². The summed E-state index contributed by atoms with van der Waals surface area (Å²) < 4.78 is 1.23. The van der Waals surface area contributed by atoms with Gasteiger partial charge in [0.05, 0.1) is 5.52 Å². The Morgan fingerprint density at radius 1 is 1.44 bits per heavy atom. The Morgan fingerprint density at radius 3 is 2.94 bits per heavy atom. The number of nitrogens with one attached hydrogen (secondary N) is 2. The van der Waals surface area contributed by atoms with Crippen LogP contribution < -0.4 is 22.4 Å². The fourth-order valence-electron chi connectivity index (χ4n) is 1.30. The number of fused-ring (bicyclic) bond motifs is 1. The molecule has 0 radical (unpaired) electrons. The highest BCUT2D eigenvalue weighted by atomic mass is 32.1. The molecule has 0 saturated heterocycles. The predicted octanol–water partition coefficient (Wildman–Crippen LogP) is -0.312. The number of thiocarbonyl (C=S) groups is 1. The molecule has 0 fully saturated rings. The van der Waals surface area contributed by atoms with E-state index in [0.29, 0.717) is 5.52 Å². The summed E-state index contributed by atoms with van der Waals surface area (Å²) >= 11 is 4.63. The molecule has 1 aromatic heterocycles. The van der Waals surface area contributed by atoms with Crippen LogP contribution in [-0.2, 0) is 0 Å². The molecule has 7 heteroatoms. The number of nitrogens with two attached hydrogens (primary N) is 1. The van der Waals surface area contributed by atoms with E-state index in [1.165, 1.54) is 10.9 Å². The molecule has 0 aliphatic carbocycles. The van der Waals surface area contributed by atoms with Gasteiger partial charge in [-0.3, -0.25) is 5.43 Å². The highest BCUT2D eigenvalue weighted by Crippen LogP contribution is 2.07. The van der Waals surface area contributed by atoms with Gasteiger partial charge in [-0.05, 0) is 18.3 Å². The summed E-state index contributed by atoms with van der Waals surface area (Å²) in [6, 6.07) is 7.31. The molecule has 2 rings (SSSR count). The quantitative estimate of drug-likeness (QED) is 0.489. The molecule has 0 bridgehead atoms. The van der Waals surface area contributed by atoms with E-state index in [1.54, 1.807) is 6.07 Å². The number of hydrogen-bond acceptors (Lipinski definition) is 4. The monoisotopic (exact) mass is 235 g/mol. The zero-order chi connectivity index (χ0) is 11.5. The number of hydrogen-bond donors (Lipinski definition) is 3. The minimum absolute atomic E-state index is 0.0415. The van der Waals surface area contributed by atoms with Crippen molar-refractivity contribution in [1.82, 2.24) is 15.1 Å². The molecule has 0 amide bonds. The summed E-state index contributed by atoms with van der Waals surface area (Å²) in [4.78, 5) is 15.2. The molecule has 0 spiro atoms. The number of rotatable bonds is 2. The minimum Gasteiger partial charge on any atom is -0.375 e. The topological polar surface area (TPSA) is 85.0 Å². The van der Waals surface area contributed by atoms with Gasteiger partial charge in [0.2, 0.25) is 0 Å². The van der Waals surface area contributed by atoms with Gasteiger partial charge < -0.3 is 5.73 Å². The standard InChI is InChI=1S/C9H9N5OS/c10-8(16)12-13-14-7-4-2-1-3-6(7)5-11-9(14)15/h1-5,13H,(H3,10,12,16). The van der Waals surface area contributed by atoms with Gasteiger partial charge in [-0.25, -0.2) is 10.3 Å². The first-order valence-electron chi connectivity index (χ1n) is 4.47. The fraction of sp³-hybridized carbons (Fsp3) is 0. The molecular weight excluding hydrogens is 226 g/mol. The Morgan fingerprint density at radius 2 is 2.19 bits per heavy atom. The van der Waals surface area contributed by atoms with E-state index in [9.17, 15) is 4.79 Å². The second kappa shape index (κ2) is 4.15. The molecule has 82 valence electrons. The lowest BCUT2D eigenvalue weighted by atomic mass is 10.2. The third kappa shape index (κ3) is 1.94. The molecule has 0 unspecified atom stereocenters. The Kier molecular flexibility index (Phi) is 2.69. The maximum Gasteiger partial charge on any atom is 0.368 e. The summed E-state index contributed by atoms with van der Waals surface area (Å²) in [5.41, 5.74) is 10.6. The summed E-state index contributed by atoms with van der Waals surface area (Å²) in [6.45, 7) is 0. The van der Waals surface area contributed by atoms with Crippen molar-refractivity contribution in [3.63, 3.8) is 0 Å². The van der Waals surface area contributed by atoms with Crippen LogP contribution in [-0.4, -0.2) is 14.8 Å². The first-order chi connectivity index (χ1) is 7.68. The van der Waals surface area contributed by atoms with Gasteiger partial charge in [-0.15, -0.1) is 0 Å². The van der Waals surface area contributed by atoms with Gasteiger partial charge in [-0.2, -0.15) is 9.66 Å². The van der Waals surface area contributed by atoms with Crippen LogP contribution in [0.3, 0.4) is 0 Å². The van der Waals surface area contributed by atoms with Crippen LogP contribution in [0.5, 0.6) is 0 Å². The predicted molar refractivity (Wildman–Crippen MR) is 65.3 cm³/mol. The van der Waals surface area contributed by atoms with E-state index in [0.717, 1.165) is 5.39 Å². The number of nitrogens with zero attached hydrogens (tertiary/aromatic N) is 2. The Hall–Kier alpha value is -2.15. The van der Waals surface area contributed by atoms with Crippen molar-refractivity contribution < 1.29 is 0 Å². The highest BCUT2D eigenvalue weighted by Gasteiger charge is 2.02. The average molecular weight is 235 g/mol. The first kappa shape index (κ1) is 10.4. The molecule has 0 saturated carbocycles. The lowest BCUT2D eigenvalue weighted by molar-refractivity contribution is 0.781. The summed E-state index contributed by atoms with van der Waals surface area (Å²) in [5, 5.41) is 0.874. The van der Waals surface area contributed by atoms with Crippen molar-refractivity contribution >= 4 is 28.2 Å². The lowest BCUT2D eigenvalue weighted by Crippen LogP contribution is -2.44. The Bertz CT molecular complexity index is 594. The van der Waals surface area contributed by atoms with Gasteiger partial charge in [-0.1, -0.05) is 18.2 Å². The first-order valence-corrected chi connectivity index (χ1v) is 4.87. The van der Waals surface area contributed by atoms with Crippen molar-refractivity contribution in [1.29, 1.82) is 0 Å². The molecule has 0 aliphatic rings. The summed E-state index contributed by atoms with van der Waals surface area (Å²) in [7, 11) is 0. The second-order valence-corrected chi connectivity index (χ2v) is 3.48. The molecule has 6 nitrogen and oxygen atoms in total. The van der Waals surface area contributed by atoms with Crippen LogP contribution in [0.4, 0.5) is 0 Å².